The Bertz CT molecular complexity index is 2040. The fraction of sp³-hybridized carbons (Fsp3) is 0.179. The number of hydrogen-bond acceptors (Lipinski definition) is 9. The van der Waals surface area contributed by atoms with Gasteiger partial charge < -0.3 is 23.7 Å². The lowest BCUT2D eigenvalue weighted by molar-refractivity contribution is -0.362. The van der Waals surface area contributed by atoms with Crippen LogP contribution >= 0.6 is 0 Å². The zero-order chi connectivity index (χ0) is 32.8. The Kier molecular flexibility index (Phi) is 7.35. The van der Waals surface area contributed by atoms with Gasteiger partial charge in [-0.05, 0) is 47.2 Å². The van der Waals surface area contributed by atoms with Crippen molar-refractivity contribution in [3.63, 3.8) is 0 Å². The van der Waals surface area contributed by atoms with Crippen molar-refractivity contribution in [2.75, 3.05) is 6.61 Å². The van der Waals surface area contributed by atoms with Gasteiger partial charge in [-0.2, -0.15) is 0 Å². The van der Waals surface area contributed by atoms with Gasteiger partial charge in [0.05, 0.1) is 16.7 Å². The highest BCUT2D eigenvalue weighted by Gasteiger charge is 2.72. The fourth-order valence-electron chi connectivity index (χ4n) is 6.90. The number of esters is 3. The molecule has 2 saturated heterocycles. The number of fused-ring (bicyclic) bond motifs is 3. The number of Topliss-reactive ketones (excluding diaryl/α,β-unsaturated/α-hetero) is 1. The molecule has 238 valence electrons. The highest BCUT2D eigenvalue weighted by Crippen LogP contribution is 2.57. The summed E-state index contributed by atoms with van der Waals surface area (Å²) >= 11 is 0. The van der Waals surface area contributed by atoms with Crippen LogP contribution in [0.25, 0.3) is 10.8 Å². The Hall–Kier alpha value is -5.64. The third kappa shape index (κ3) is 4.78. The molecule has 0 bridgehead atoms. The van der Waals surface area contributed by atoms with Crippen LogP contribution in [-0.2, 0) is 29.3 Å². The van der Waals surface area contributed by atoms with E-state index in [0.717, 1.165) is 10.8 Å². The molecule has 6 atom stereocenters. The Labute approximate surface area is 274 Å². The van der Waals surface area contributed by atoms with Crippen molar-refractivity contribution in [3.05, 3.63) is 155 Å². The van der Waals surface area contributed by atoms with Crippen LogP contribution in [0.2, 0.25) is 0 Å². The number of benzene rings is 5. The second-order valence-electron chi connectivity index (χ2n) is 11.9. The lowest BCUT2D eigenvalue weighted by atomic mass is 9.74. The molecule has 5 aromatic carbocycles. The molecule has 0 N–H and O–H groups in total. The molecule has 0 unspecified atom stereocenters. The molecular formula is C39H28O9. The average molecular weight is 641 g/mol. The summed E-state index contributed by atoms with van der Waals surface area (Å²) in [6, 6.07) is 36.2. The van der Waals surface area contributed by atoms with E-state index in [1.54, 1.807) is 97.1 Å². The second-order valence-corrected chi connectivity index (χ2v) is 11.9. The third-order valence-corrected chi connectivity index (χ3v) is 9.14. The molecule has 0 radical (unpaired) electrons. The number of rotatable bonds is 7. The first-order valence-corrected chi connectivity index (χ1v) is 15.6. The molecule has 3 aliphatic rings. The van der Waals surface area contributed by atoms with Crippen LogP contribution in [0.15, 0.2) is 127 Å². The van der Waals surface area contributed by atoms with Gasteiger partial charge in [-0.25, -0.2) is 14.4 Å². The van der Waals surface area contributed by atoms with E-state index >= 15 is 0 Å². The molecule has 8 rings (SSSR count). The standard InChI is InChI=1S/C39H28O9/c40-34-27-20-10-18-23-19-11-21-28(30(23)27)39(34)35-33(48-39)32(47-38(43)26-16-8-3-9-17-26)31(46-37(42)25-14-6-2-7-15-25)29(45-35)22-44-36(41)24-12-4-1-5-13-24/h1-21,29,31-33,35H,22H2/t29-,31-,32+,33-,35+,39-/m1/s1. The molecule has 0 saturated carbocycles. The van der Waals surface area contributed by atoms with Crippen molar-refractivity contribution < 1.29 is 42.9 Å². The summed E-state index contributed by atoms with van der Waals surface area (Å²) in [6.07, 6.45) is -5.62. The minimum absolute atomic E-state index is 0.256. The van der Waals surface area contributed by atoms with Crippen LogP contribution in [0.1, 0.15) is 47.0 Å². The summed E-state index contributed by atoms with van der Waals surface area (Å²) < 4.78 is 31.0. The Morgan fingerprint density at radius 2 is 1.17 bits per heavy atom. The van der Waals surface area contributed by atoms with E-state index in [1.807, 2.05) is 30.3 Å². The lowest BCUT2D eigenvalue weighted by Gasteiger charge is -2.58. The van der Waals surface area contributed by atoms with Gasteiger partial charge in [-0.3, -0.25) is 4.79 Å². The van der Waals surface area contributed by atoms with Crippen molar-refractivity contribution in [1.82, 2.24) is 0 Å². The van der Waals surface area contributed by atoms with Gasteiger partial charge in [0.2, 0.25) is 5.78 Å². The summed E-state index contributed by atoms with van der Waals surface area (Å²) in [4.78, 5) is 54.3. The smallest absolute Gasteiger partial charge is 0.338 e. The number of carbonyl (C=O) groups is 4. The molecule has 48 heavy (non-hydrogen) atoms. The molecule has 2 fully saturated rings. The molecule has 0 amide bonds. The monoisotopic (exact) mass is 640 g/mol. The summed E-state index contributed by atoms with van der Waals surface area (Å²) in [5, 5.41) is 1.63. The first-order valence-electron chi connectivity index (χ1n) is 15.6. The molecular weight excluding hydrogens is 612 g/mol. The predicted octanol–water partition coefficient (Wildman–Crippen LogP) is 5.71. The van der Waals surface area contributed by atoms with Gasteiger partial charge in [0.1, 0.15) is 24.9 Å². The van der Waals surface area contributed by atoms with Crippen LogP contribution in [0.5, 0.6) is 0 Å². The number of hydrogen-bond donors (Lipinski definition) is 0. The average Bonchev–Trinajstić information content (AvgIpc) is 3.39. The van der Waals surface area contributed by atoms with Gasteiger partial charge in [-0.15, -0.1) is 0 Å². The van der Waals surface area contributed by atoms with Gasteiger partial charge >= 0.3 is 17.9 Å². The van der Waals surface area contributed by atoms with Crippen molar-refractivity contribution >= 4 is 34.5 Å². The van der Waals surface area contributed by atoms with Crippen molar-refractivity contribution in [2.45, 2.75) is 36.1 Å². The van der Waals surface area contributed by atoms with E-state index < -0.39 is 54.0 Å². The largest absolute Gasteiger partial charge is 0.459 e. The first-order chi connectivity index (χ1) is 23.5. The predicted molar refractivity (Wildman–Crippen MR) is 172 cm³/mol. The highest BCUT2D eigenvalue weighted by atomic mass is 16.7. The molecule has 5 aromatic rings. The van der Waals surface area contributed by atoms with Gasteiger partial charge in [0, 0.05) is 11.1 Å². The SMILES string of the molecule is O=C(OC[C@H]1O[C@H]2[C@H](O[C@]23C(=O)c2cccc4cccc3c24)[C@@H](OC(=O)c2ccccc2)[C@@H]1OC(=O)c1ccccc1)c1ccccc1. The molecule has 1 aliphatic carbocycles. The van der Waals surface area contributed by atoms with Gasteiger partial charge in [-0.1, -0.05) is 91.0 Å². The van der Waals surface area contributed by atoms with Crippen LogP contribution in [-0.4, -0.2) is 60.8 Å². The number of ketones is 1. The quantitative estimate of drug-likeness (QED) is 0.163. The van der Waals surface area contributed by atoms with E-state index in [0.29, 0.717) is 16.7 Å². The normalized spacial score (nSPS) is 25.2. The van der Waals surface area contributed by atoms with Crippen molar-refractivity contribution in [2.24, 2.45) is 0 Å². The van der Waals surface area contributed by atoms with E-state index in [2.05, 4.69) is 0 Å². The number of ether oxygens (including phenoxy) is 5. The second kappa shape index (κ2) is 11.9. The maximum atomic E-state index is 14.2. The molecule has 9 nitrogen and oxygen atoms in total. The highest BCUT2D eigenvalue weighted by molar-refractivity contribution is 6.20. The van der Waals surface area contributed by atoms with E-state index in [9.17, 15) is 19.2 Å². The van der Waals surface area contributed by atoms with E-state index in [-0.39, 0.29) is 23.5 Å². The summed E-state index contributed by atoms with van der Waals surface area (Å²) in [7, 11) is 0. The third-order valence-electron chi connectivity index (χ3n) is 9.14. The van der Waals surface area contributed by atoms with Crippen LogP contribution in [0.3, 0.4) is 0 Å². The van der Waals surface area contributed by atoms with Crippen LogP contribution in [0.4, 0.5) is 0 Å². The van der Waals surface area contributed by atoms with Gasteiger partial charge in [0.25, 0.3) is 0 Å². The fourth-order valence-corrected chi connectivity index (χ4v) is 6.90. The maximum Gasteiger partial charge on any atom is 0.338 e. The van der Waals surface area contributed by atoms with Crippen molar-refractivity contribution in [1.29, 1.82) is 0 Å². The lowest BCUT2D eigenvalue weighted by Crippen LogP contribution is -2.76. The van der Waals surface area contributed by atoms with Crippen molar-refractivity contribution in [3.8, 4) is 0 Å². The Morgan fingerprint density at radius 1 is 0.625 bits per heavy atom. The minimum atomic E-state index is -1.54. The topological polar surface area (TPSA) is 114 Å². The van der Waals surface area contributed by atoms with Crippen LogP contribution in [0, 0.1) is 0 Å². The molecule has 2 aliphatic heterocycles. The van der Waals surface area contributed by atoms with E-state index in [4.69, 9.17) is 23.7 Å². The first kappa shape index (κ1) is 29.7. The molecule has 2 heterocycles. The van der Waals surface area contributed by atoms with E-state index in [1.165, 1.54) is 0 Å². The number of carbonyl (C=O) groups excluding carboxylic acids is 4. The summed E-state index contributed by atoms with van der Waals surface area (Å²) in [5.74, 6) is -2.30. The molecule has 0 aromatic heterocycles. The zero-order valence-corrected chi connectivity index (χ0v) is 25.4. The summed E-state index contributed by atoms with van der Waals surface area (Å²) in [5.41, 5.74) is 0.423. The summed E-state index contributed by atoms with van der Waals surface area (Å²) in [6.45, 7) is -0.371. The Balaban J connectivity index is 1.19. The molecule has 9 heteroatoms. The minimum Gasteiger partial charge on any atom is -0.459 e. The van der Waals surface area contributed by atoms with Gasteiger partial charge in [0.15, 0.2) is 17.8 Å². The molecule has 1 spiro atoms. The maximum absolute atomic E-state index is 14.2. The Morgan fingerprint density at radius 3 is 1.77 bits per heavy atom. The van der Waals surface area contributed by atoms with Crippen LogP contribution < -0.4 is 0 Å². The zero-order valence-electron chi connectivity index (χ0n) is 25.4.